The van der Waals surface area contributed by atoms with Gasteiger partial charge in [0.25, 0.3) is 0 Å². The SMILES string of the molecule is CO[C@@H](Cc1ccc(C2=CC=C(COc3ccc(C(=O)c4ccccc4)cc3)CC2)cc1)C(=O)O. The monoisotopic (exact) mass is 468 g/mol. The van der Waals surface area contributed by atoms with E-state index in [2.05, 4.69) is 12.2 Å². The van der Waals surface area contributed by atoms with Gasteiger partial charge in [-0.2, -0.15) is 0 Å². The molecule has 3 aromatic rings. The zero-order valence-electron chi connectivity index (χ0n) is 19.6. The van der Waals surface area contributed by atoms with E-state index in [4.69, 9.17) is 14.6 Å². The van der Waals surface area contributed by atoms with Crippen LogP contribution < -0.4 is 4.74 Å². The van der Waals surface area contributed by atoms with E-state index in [0.29, 0.717) is 24.2 Å². The molecule has 1 aliphatic rings. The lowest BCUT2D eigenvalue weighted by atomic mass is 9.92. The van der Waals surface area contributed by atoms with Gasteiger partial charge in [0.2, 0.25) is 0 Å². The normalized spacial score (nSPS) is 14.0. The van der Waals surface area contributed by atoms with Gasteiger partial charge in [-0.1, -0.05) is 66.7 Å². The zero-order chi connectivity index (χ0) is 24.6. The molecule has 0 radical (unpaired) electrons. The molecule has 0 aliphatic heterocycles. The summed E-state index contributed by atoms with van der Waals surface area (Å²) >= 11 is 0. The van der Waals surface area contributed by atoms with Crippen molar-refractivity contribution in [3.05, 3.63) is 119 Å². The molecule has 1 atom stereocenters. The smallest absolute Gasteiger partial charge is 0.333 e. The van der Waals surface area contributed by atoms with Crippen molar-refractivity contribution < 1.29 is 24.2 Å². The minimum absolute atomic E-state index is 0.00163. The van der Waals surface area contributed by atoms with Crippen LogP contribution in [0.1, 0.15) is 39.9 Å². The molecule has 0 aromatic heterocycles. The van der Waals surface area contributed by atoms with E-state index < -0.39 is 12.1 Å². The van der Waals surface area contributed by atoms with Gasteiger partial charge >= 0.3 is 5.97 Å². The Bertz CT molecular complexity index is 1220. The average molecular weight is 469 g/mol. The summed E-state index contributed by atoms with van der Waals surface area (Å²) in [6.07, 6.45) is 5.55. The summed E-state index contributed by atoms with van der Waals surface area (Å²) in [7, 11) is 1.41. The number of carbonyl (C=O) groups excluding carboxylic acids is 1. The first kappa shape index (κ1) is 24.2. The van der Waals surface area contributed by atoms with E-state index in [0.717, 1.165) is 29.7 Å². The number of hydrogen-bond donors (Lipinski definition) is 1. The largest absolute Gasteiger partial charge is 0.489 e. The van der Waals surface area contributed by atoms with Gasteiger partial charge in [0.05, 0.1) is 0 Å². The first-order valence-electron chi connectivity index (χ1n) is 11.6. The third-order valence-electron chi connectivity index (χ3n) is 6.12. The summed E-state index contributed by atoms with van der Waals surface area (Å²) < 4.78 is 11.0. The predicted molar refractivity (Wildman–Crippen MR) is 136 cm³/mol. The molecule has 3 aromatic carbocycles. The Hall–Kier alpha value is -3.96. The summed E-state index contributed by atoms with van der Waals surface area (Å²) in [6.45, 7) is 0.502. The maximum absolute atomic E-state index is 12.5. The standard InChI is InChI=1S/C30H28O5/c1-34-28(30(32)33)19-21-7-11-23(12-8-21)24-13-9-22(10-14-24)20-35-27-17-15-26(16-18-27)29(31)25-5-3-2-4-6-25/h2-9,11-13,15-18,28H,10,14,19-20H2,1H3,(H,32,33)/t28-/m0/s1. The number of allylic oxidation sites excluding steroid dienone is 3. The first-order valence-corrected chi connectivity index (χ1v) is 11.6. The molecule has 4 rings (SSSR count). The fourth-order valence-corrected chi connectivity index (χ4v) is 4.02. The van der Waals surface area contributed by atoms with E-state index in [9.17, 15) is 9.59 Å². The van der Waals surface area contributed by atoms with E-state index in [1.165, 1.54) is 18.3 Å². The lowest BCUT2D eigenvalue weighted by Gasteiger charge is -2.16. The van der Waals surface area contributed by atoms with Crippen molar-refractivity contribution in [3.8, 4) is 5.75 Å². The third kappa shape index (κ3) is 6.34. The maximum Gasteiger partial charge on any atom is 0.333 e. The van der Waals surface area contributed by atoms with Crippen molar-refractivity contribution in [1.82, 2.24) is 0 Å². The fourth-order valence-electron chi connectivity index (χ4n) is 4.02. The molecule has 0 saturated heterocycles. The molecule has 0 heterocycles. The second kappa shape index (κ2) is 11.4. The van der Waals surface area contributed by atoms with Gasteiger partial charge in [-0.05, 0) is 59.4 Å². The minimum atomic E-state index is -0.955. The molecule has 5 nitrogen and oxygen atoms in total. The lowest BCUT2D eigenvalue weighted by Crippen LogP contribution is -2.24. The van der Waals surface area contributed by atoms with Crippen LogP contribution >= 0.6 is 0 Å². The number of ketones is 1. The Morgan fingerprint density at radius 3 is 2.14 bits per heavy atom. The predicted octanol–water partition coefficient (Wildman–Crippen LogP) is 5.74. The van der Waals surface area contributed by atoms with E-state index >= 15 is 0 Å². The van der Waals surface area contributed by atoms with Crippen LogP contribution in [-0.4, -0.2) is 36.7 Å². The van der Waals surface area contributed by atoms with Crippen LogP contribution in [0, 0.1) is 0 Å². The van der Waals surface area contributed by atoms with Crippen LogP contribution in [0.3, 0.4) is 0 Å². The number of carboxylic acids is 1. The molecule has 0 bridgehead atoms. The molecule has 5 heteroatoms. The molecular weight excluding hydrogens is 440 g/mol. The highest BCUT2D eigenvalue weighted by atomic mass is 16.5. The van der Waals surface area contributed by atoms with Crippen LogP contribution in [0.15, 0.2) is 96.6 Å². The van der Waals surface area contributed by atoms with Crippen molar-refractivity contribution in [1.29, 1.82) is 0 Å². The highest BCUT2D eigenvalue weighted by molar-refractivity contribution is 6.08. The number of carboxylic acid groups (broad SMARTS) is 1. The van der Waals surface area contributed by atoms with Crippen LogP contribution in [0.25, 0.3) is 5.57 Å². The zero-order valence-corrected chi connectivity index (χ0v) is 19.6. The van der Waals surface area contributed by atoms with Crippen LogP contribution in [-0.2, 0) is 16.0 Å². The van der Waals surface area contributed by atoms with Gasteiger partial charge in [-0.3, -0.25) is 4.79 Å². The van der Waals surface area contributed by atoms with Crippen molar-refractivity contribution in [2.75, 3.05) is 13.7 Å². The molecule has 1 N–H and O–H groups in total. The van der Waals surface area contributed by atoms with Gasteiger partial charge < -0.3 is 14.6 Å². The number of hydrogen-bond acceptors (Lipinski definition) is 4. The second-order valence-electron chi connectivity index (χ2n) is 8.49. The van der Waals surface area contributed by atoms with Gasteiger partial charge in [0, 0.05) is 24.7 Å². The van der Waals surface area contributed by atoms with Gasteiger partial charge in [0.15, 0.2) is 11.9 Å². The van der Waals surface area contributed by atoms with Crippen molar-refractivity contribution in [3.63, 3.8) is 0 Å². The summed E-state index contributed by atoms with van der Waals surface area (Å²) in [5, 5.41) is 9.15. The number of carbonyl (C=O) groups is 2. The molecule has 0 unspecified atom stereocenters. The van der Waals surface area contributed by atoms with Crippen molar-refractivity contribution in [2.45, 2.75) is 25.4 Å². The van der Waals surface area contributed by atoms with Gasteiger partial charge in [-0.25, -0.2) is 4.79 Å². The molecule has 0 fully saturated rings. The molecule has 35 heavy (non-hydrogen) atoms. The van der Waals surface area contributed by atoms with Crippen LogP contribution in [0.2, 0.25) is 0 Å². The van der Waals surface area contributed by atoms with Crippen LogP contribution in [0.4, 0.5) is 0 Å². The number of methoxy groups -OCH3 is 1. The third-order valence-corrected chi connectivity index (χ3v) is 6.12. The van der Waals surface area contributed by atoms with Gasteiger partial charge in [-0.15, -0.1) is 0 Å². The Morgan fingerprint density at radius 2 is 1.54 bits per heavy atom. The molecule has 1 aliphatic carbocycles. The van der Waals surface area contributed by atoms with Crippen molar-refractivity contribution in [2.24, 2.45) is 0 Å². The number of rotatable bonds is 10. The molecule has 178 valence electrons. The molecule has 0 saturated carbocycles. The molecule has 0 amide bonds. The van der Waals surface area contributed by atoms with E-state index in [-0.39, 0.29) is 5.78 Å². The van der Waals surface area contributed by atoms with Crippen LogP contribution in [0.5, 0.6) is 5.75 Å². The Labute approximate surface area is 205 Å². The highest BCUT2D eigenvalue weighted by Gasteiger charge is 2.17. The summed E-state index contributed by atoms with van der Waals surface area (Å²) in [6, 6.07) is 24.5. The number of benzene rings is 3. The minimum Gasteiger partial charge on any atom is -0.489 e. The molecular formula is C30H28O5. The first-order chi connectivity index (χ1) is 17.0. The second-order valence-corrected chi connectivity index (χ2v) is 8.49. The topological polar surface area (TPSA) is 72.8 Å². The summed E-state index contributed by atoms with van der Waals surface area (Å²) in [5.74, 6) is -0.224. The summed E-state index contributed by atoms with van der Waals surface area (Å²) in [5.41, 5.74) is 5.82. The Morgan fingerprint density at radius 1 is 0.857 bits per heavy atom. The quantitative estimate of drug-likeness (QED) is 0.384. The average Bonchev–Trinajstić information content (AvgIpc) is 2.91. The van der Waals surface area contributed by atoms with E-state index in [1.807, 2.05) is 66.7 Å². The Kier molecular flexibility index (Phi) is 7.91. The van der Waals surface area contributed by atoms with E-state index in [1.54, 1.807) is 12.1 Å². The number of aliphatic carboxylic acids is 1. The Balaban J connectivity index is 1.32. The highest BCUT2D eigenvalue weighted by Crippen LogP contribution is 2.28. The fraction of sp³-hybridized carbons (Fsp3) is 0.200. The maximum atomic E-state index is 12.5. The van der Waals surface area contributed by atoms with Gasteiger partial charge in [0.1, 0.15) is 12.4 Å². The summed E-state index contributed by atoms with van der Waals surface area (Å²) in [4.78, 5) is 23.7. The number of ether oxygens (including phenoxy) is 2. The molecule has 0 spiro atoms. The lowest BCUT2D eigenvalue weighted by molar-refractivity contribution is -0.148. The van der Waals surface area contributed by atoms with Crippen molar-refractivity contribution >= 4 is 17.3 Å².